The van der Waals surface area contributed by atoms with Crippen LogP contribution in [0.4, 0.5) is 11.8 Å². The van der Waals surface area contributed by atoms with E-state index in [2.05, 4.69) is 30.2 Å². The summed E-state index contributed by atoms with van der Waals surface area (Å²) in [5.74, 6) is 2.35. The van der Waals surface area contributed by atoms with E-state index in [1.165, 1.54) is 0 Å². The van der Waals surface area contributed by atoms with Gasteiger partial charge in [0.1, 0.15) is 11.3 Å². The number of anilines is 2. The van der Waals surface area contributed by atoms with E-state index in [4.69, 9.17) is 0 Å². The van der Waals surface area contributed by atoms with Crippen LogP contribution in [0, 0.1) is 0 Å². The highest BCUT2D eigenvalue weighted by Crippen LogP contribution is 2.22. The van der Waals surface area contributed by atoms with Gasteiger partial charge in [0, 0.05) is 33.0 Å². The highest BCUT2D eigenvalue weighted by Gasteiger charge is 2.15. The fourth-order valence-corrected chi connectivity index (χ4v) is 2.17. The highest BCUT2D eigenvalue weighted by molar-refractivity contribution is 5.84. The van der Waals surface area contributed by atoms with Gasteiger partial charge in [-0.05, 0) is 6.92 Å². The highest BCUT2D eigenvalue weighted by atomic mass is 15.3. The molecule has 0 fully saturated rings. The summed E-state index contributed by atoms with van der Waals surface area (Å²) in [6, 6.07) is 0. The molecule has 2 N–H and O–H groups in total. The first kappa shape index (κ1) is 13.3. The second-order valence-electron chi connectivity index (χ2n) is 4.81. The Kier molecular flexibility index (Phi) is 3.43. The Morgan fingerprint density at radius 3 is 2.90 bits per heavy atom. The lowest BCUT2D eigenvalue weighted by molar-refractivity contribution is 0.756. The molecular formula is C13H18N8. The van der Waals surface area contributed by atoms with Crippen LogP contribution in [-0.4, -0.2) is 43.1 Å². The number of aromatic amines is 1. The van der Waals surface area contributed by atoms with E-state index in [1.54, 1.807) is 12.5 Å². The molecule has 8 nitrogen and oxygen atoms in total. The fraction of sp³-hybridized carbons (Fsp3) is 0.385. The van der Waals surface area contributed by atoms with Crippen LogP contribution < -0.4 is 10.2 Å². The number of nitrogens with zero attached hydrogens (tertiary/aromatic N) is 6. The molecule has 0 aliphatic carbocycles. The Labute approximate surface area is 122 Å². The van der Waals surface area contributed by atoms with Crippen LogP contribution in [0.25, 0.3) is 11.2 Å². The average Bonchev–Trinajstić information content (AvgIpc) is 3.08. The maximum atomic E-state index is 4.57. The zero-order valence-electron chi connectivity index (χ0n) is 12.3. The number of imidazole rings is 2. The van der Waals surface area contributed by atoms with Gasteiger partial charge in [-0.1, -0.05) is 0 Å². The summed E-state index contributed by atoms with van der Waals surface area (Å²) in [4.78, 5) is 22.6. The number of aryl methyl sites for hydroxylation is 1. The van der Waals surface area contributed by atoms with Crippen molar-refractivity contribution in [1.29, 1.82) is 0 Å². The largest absolute Gasteiger partial charge is 0.354 e. The van der Waals surface area contributed by atoms with Gasteiger partial charge in [-0.2, -0.15) is 9.97 Å². The lowest BCUT2D eigenvalue weighted by Gasteiger charge is -2.19. The number of aromatic nitrogens is 6. The van der Waals surface area contributed by atoms with Gasteiger partial charge >= 0.3 is 0 Å². The van der Waals surface area contributed by atoms with Crippen LogP contribution in [0.5, 0.6) is 0 Å². The molecule has 0 spiro atoms. The minimum atomic E-state index is 0.582. The third-order valence-corrected chi connectivity index (χ3v) is 3.26. The standard InChI is InChI=1S/C13H18N8/c1-4-14-13-18-11-10(16-8-17-11)12(19-13)21(3)7-9-15-5-6-20(9)2/h5-6,8H,4,7H2,1-3H3,(H2,14,16,17,18,19). The van der Waals surface area contributed by atoms with E-state index < -0.39 is 0 Å². The lowest BCUT2D eigenvalue weighted by atomic mass is 10.4. The number of hydrogen-bond donors (Lipinski definition) is 2. The molecule has 3 heterocycles. The van der Waals surface area contributed by atoms with Crippen LogP contribution in [0.2, 0.25) is 0 Å². The molecule has 0 aliphatic rings. The number of rotatable bonds is 5. The maximum Gasteiger partial charge on any atom is 0.226 e. The molecule has 0 amide bonds. The van der Waals surface area contributed by atoms with E-state index in [9.17, 15) is 0 Å². The molecule has 3 rings (SSSR count). The first-order chi connectivity index (χ1) is 10.2. The molecule has 0 saturated heterocycles. The van der Waals surface area contributed by atoms with Crippen molar-refractivity contribution in [2.45, 2.75) is 13.5 Å². The zero-order valence-corrected chi connectivity index (χ0v) is 12.3. The zero-order chi connectivity index (χ0) is 14.8. The smallest absolute Gasteiger partial charge is 0.226 e. The molecule has 0 saturated carbocycles. The number of hydrogen-bond acceptors (Lipinski definition) is 6. The van der Waals surface area contributed by atoms with Crippen molar-refractivity contribution in [2.75, 3.05) is 23.8 Å². The van der Waals surface area contributed by atoms with Crippen molar-refractivity contribution in [3.63, 3.8) is 0 Å². The van der Waals surface area contributed by atoms with Crippen LogP contribution in [0.3, 0.4) is 0 Å². The minimum Gasteiger partial charge on any atom is -0.354 e. The topological polar surface area (TPSA) is 87.5 Å². The quantitative estimate of drug-likeness (QED) is 0.731. The molecule has 0 aliphatic heterocycles. The summed E-state index contributed by atoms with van der Waals surface area (Å²) >= 11 is 0. The van der Waals surface area contributed by atoms with Crippen molar-refractivity contribution in [2.24, 2.45) is 7.05 Å². The van der Waals surface area contributed by atoms with Crippen LogP contribution in [0.1, 0.15) is 12.7 Å². The second-order valence-corrected chi connectivity index (χ2v) is 4.81. The third kappa shape index (κ3) is 2.51. The van der Waals surface area contributed by atoms with Crippen molar-refractivity contribution in [1.82, 2.24) is 29.5 Å². The Bertz CT molecular complexity index is 744. The predicted molar refractivity (Wildman–Crippen MR) is 81.2 cm³/mol. The molecule has 3 aromatic heterocycles. The molecule has 0 aromatic carbocycles. The van der Waals surface area contributed by atoms with E-state index >= 15 is 0 Å². The Hall–Kier alpha value is -2.64. The fourth-order valence-electron chi connectivity index (χ4n) is 2.17. The van der Waals surface area contributed by atoms with Crippen molar-refractivity contribution >= 4 is 22.9 Å². The van der Waals surface area contributed by atoms with Crippen LogP contribution in [-0.2, 0) is 13.6 Å². The SMILES string of the molecule is CCNc1nc(N(C)Cc2nccn2C)c2[nH]cnc2n1. The molecule has 0 unspecified atom stereocenters. The molecular weight excluding hydrogens is 268 g/mol. The first-order valence-electron chi connectivity index (χ1n) is 6.81. The summed E-state index contributed by atoms with van der Waals surface area (Å²) in [6.45, 7) is 3.42. The number of fused-ring (bicyclic) bond motifs is 1. The molecule has 0 radical (unpaired) electrons. The molecule has 8 heteroatoms. The van der Waals surface area contributed by atoms with Gasteiger partial charge in [-0.15, -0.1) is 0 Å². The predicted octanol–water partition coefficient (Wildman–Crippen LogP) is 1.15. The average molecular weight is 286 g/mol. The number of H-pyrrole nitrogens is 1. The summed E-state index contributed by atoms with van der Waals surface area (Å²) < 4.78 is 1.99. The minimum absolute atomic E-state index is 0.582. The second kappa shape index (κ2) is 5.39. The van der Waals surface area contributed by atoms with Gasteiger partial charge in [0.15, 0.2) is 11.5 Å². The summed E-state index contributed by atoms with van der Waals surface area (Å²) in [7, 11) is 3.96. The van der Waals surface area contributed by atoms with Crippen molar-refractivity contribution < 1.29 is 0 Å². The van der Waals surface area contributed by atoms with Crippen molar-refractivity contribution in [3.8, 4) is 0 Å². The van der Waals surface area contributed by atoms with Gasteiger partial charge < -0.3 is 19.8 Å². The Morgan fingerprint density at radius 1 is 1.33 bits per heavy atom. The van der Waals surface area contributed by atoms with Gasteiger partial charge in [-0.25, -0.2) is 9.97 Å². The molecule has 0 atom stereocenters. The van der Waals surface area contributed by atoms with Crippen LogP contribution in [0.15, 0.2) is 18.7 Å². The van der Waals surface area contributed by atoms with E-state index in [-0.39, 0.29) is 0 Å². The normalized spacial score (nSPS) is 11.0. The van der Waals surface area contributed by atoms with Gasteiger partial charge in [0.05, 0.1) is 12.9 Å². The summed E-state index contributed by atoms with van der Waals surface area (Å²) in [5, 5.41) is 3.13. The summed E-state index contributed by atoms with van der Waals surface area (Å²) in [5.41, 5.74) is 1.48. The summed E-state index contributed by atoms with van der Waals surface area (Å²) in [6.07, 6.45) is 5.35. The molecule has 0 bridgehead atoms. The van der Waals surface area contributed by atoms with Crippen LogP contribution >= 0.6 is 0 Å². The van der Waals surface area contributed by atoms with E-state index in [0.717, 1.165) is 23.7 Å². The molecule has 21 heavy (non-hydrogen) atoms. The lowest BCUT2D eigenvalue weighted by Crippen LogP contribution is -2.21. The maximum absolute atomic E-state index is 4.57. The Balaban J connectivity index is 1.97. The van der Waals surface area contributed by atoms with Gasteiger partial charge in [-0.3, -0.25) is 0 Å². The molecule has 110 valence electrons. The first-order valence-corrected chi connectivity index (χ1v) is 6.81. The monoisotopic (exact) mass is 286 g/mol. The number of nitrogens with one attached hydrogen (secondary N) is 2. The third-order valence-electron chi connectivity index (χ3n) is 3.26. The molecule has 3 aromatic rings. The Morgan fingerprint density at radius 2 is 2.19 bits per heavy atom. The van der Waals surface area contributed by atoms with Gasteiger partial charge in [0.2, 0.25) is 5.95 Å². The van der Waals surface area contributed by atoms with E-state index in [0.29, 0.717) is 18.1 Å². The van der Waals surface area contributed by atoms with Gasteiger partial charge in [0.25, 0.3) is 0 Å². The van der Waals surface area contributed by atoms with E-state index in [1.807, 2.05) is 36.7 Å². The van der Waals surface area contributed by atoms with Crippen molar-refractivity contribution in [3.05, 3.63) is 24.5 Å².